The number of rotatable bonds is 5. The predicted molar refractivity (Wildman–Crippen MR) is 78.8 cm³/mol. The highest BCUT2D eigenvalue weighted by Crippen LogP contribution is 2.37. The highest BCUT2D eigenvalue weighted by atomic mass is 16.6. The molecule has 1 heterocycles. The number of nitrogens with zero attached hydrogens (tertiary/aromatic N) is 2. The van der Waals surface area contributed by atoms with Crippen LogP contribution in [0.5, 0.6) is 0 Å². The molecule has 0 aliphatic carbocycles. The fourth-order valence-electron chi connectivity index (χ4n) is 2.54. The van der Waals surface area contributed by atoms with E-state index in [9.17, 15) is 15.2 Å². The molecule has 2 aromatic rings. The fraction of sp³-hybridized carbons (Fsp3) is 0.250. The first kappa shape index (κ1) is 13.7. The van der Waals surface area contributed by atoms with E-state index in [1.165, 1.54) is 6.07 Å². The SMILES string of the molecule is O=[N+]([O-])c1cccc(C2CN2CC(O)c2ccccc2)c1. The minimum absolute atomic E-state index is 0.114. The molecular weight excluding hydrogens is 268 g/mol. The van der Waals surface area contributed by atoms with Crippen LogP contribution < -0.4 is 0 Å². The van der Waals surface area contributed by atoms with E-state index >= 15 is 0 Å². The number of hydrogen-bond acceptors (Lipinski definition) is 4. The molecule has 3 rings (SSSR count). The van der Waals surface area contributed by atoms with E-state index in [1.807, 2.05) is 36.4 Å². The Hall–Kier alpha value is -2.24. The summed E-state index contributed by atoms with van der Waals surface area (Å²) in [6.45, 7) is 1.36. The summed E-state index contributed by atoms with van der Waals surface area (Å²) in [6.07, 6.45) is -0.533. The van der Waals surface area contributed by atoms with Crippen LogP contribution in [0.25, 0.3) is 0 Å². The molecule has 1 N–H and O–H groups in total. The number of benzene rings is 2. The summed E-state index contributed by atoms with van der Waals surface area (Å²) in [4.78, 5) is 12.5. The Morgan fingerprint density at radius 1 is 1.24 bits per heavy atom. The van der Waals surface area contributed by atoms with Crippen molar-refractivity contribution in [2.45, 2.75) is 12.1 Å². The van der Waals surface area contributed by atoms with Crippen molar-refractivity contribution in [3.63, 3.8) is 0 Å². The average Bonchev–Trinajstić information content (AvgIpc) is 3.27. The first-order valence-corrected chi connectivity index (χ1v) is 6.86. The van der Waals surface area contributed by atoms with Crippen LogP contribution in [0.3, 0.4) is 0 Å². The zero-order chi connectivity index (χ0) is 14.8. The number of β-amino-alcohol motifs (C(OH)–C–C–N with tert-alkyl or cyclic N) is 1. The quantitative estimate of drug-likeness (QED) is 0.521. The second-order valence-corrected chi connectivity index (χ2v) is 5.25. The molecule has 0 spiro atoms. The highest BCUT2D eigenvalue weighted by molar-refractivity contribution is 5.37. The van der Waals surface area contributed by atoms with Gasteiger partial charge in [0.05, 0.1) is 11.0 Å². The van der Waals surface area contributed by atoms with Crippen molar-refractivity contribution in [2.24, 2.45) is 0 Å². The third kappa shape index (κ3) is 3.09. The first-order chi connectivity index (χ1) is 10.1. The Labute approximate surface area is 122 Å². The van der Waals surface area contributed by atoms with E-state index in [0.717, 1.165) is 17.7 Å². The van der Waals surface area contributed by atoms with Gasteiger partial charge >= 0.3 is 0 Å². The number of aliphatic hydroxyl groups is 1. The number of non-ortho nitro benzene ring substituents is 1. The van der Waals surface area contributed by atoms with Crippen molar-refractivity contribution >= 4 is 5.69 Å². The molecule has 3 unspecified atom stereocenters. The smallest absolute Gasteiger partial charge is 0.269 e. The molecule has 2 aromatic carbocycles. The molecule has 108 valence electrons. The fourth-order valence-corrected chi connectivity index (χ4v) is 2.54. The third-order valence-electron chi connectivity index (χ3n) is 3.77. The molecule has 0 radical (unpaired) electrons. The molecule has 0 bridgehead atoms. The Bertz CT molecular complexity index is 645. The molecule has 1 aliphatic rings. The van der Waals surface area contributed by atoms with Gasteiger partial charge in [-0.3, -0.25) is 15.0 Å². The van der Waals surface area contributed by atoms with Crippen LogP contribution in [0, 0.1) is 10.1 Å². The minimum atomic E-state index is -0.533. The van der Waals surface area contributed by atoms with Gasteiger partial charge in [0.25, 0.3) is 5.69 Å². The van der Waals surface area contributed by atoms with E-state index in [1.54, 1.807) is 12.1 Å². The summed E-state index contributed by atoms with van der Waals surface area (Å²) in [7, 11) is 0. The molecule has 0 saturated carbocycles. The molecule has 1 fully saturated rings. The van der Waals surface area contributed by atoms with E-state index < -0.39 is 6.10 Å². The summed E-state index contributed by atoms with van der Waals surface area (Å²) >= 11 is 0. The van der Waals surface area contributed by atoms with Gasteiger partial charge in [-0.1, -0.05) is 42.5 Å². The van der Waals surface area contributed by atoms with Crippen LogP contribution in [-0.4, -0.2) is 28.0 Å². The molecule has 0 amide bonds. The van der Waals surface area contributed by atoms with E-state index in [4.69, 9.17) is 0 Å². The first-order valence-electron chi connectivity index (χ1n) is 6.86. The summed E-state index contributed by atoms with van der Waals surface area (Å²) in [5.74, 6) is 0. The minimum Gasteiger partial charge on any atom is -0.387 e. The summed E-state index contributed by atoms with van der Waals surface area (Å²) in [5, 5.41) is 21.0. The Morgan fingerprint density at radius 3 is 2.71 bits per heavy atom. The maximum Gasteiger partial charge on any atom is 0.269 e. The van der Waals surface area contributed by atoms with Gasteiger partial charge in [0.1, 0.15) is 0 Å². The number of nitro groups is 1. The summed E-state index contributed by atoms with van der Waals surface area (Å²) in [6, 6.07) is 16.4. The van der Waals surface area contributed by atoms with Gasteiger partial charge in [0, 0.05) is 31.3 Å². The van der Waals surface area contributed by atoms with Gasteiger partial charge in [-0.25, -0.2) is 0 Å². The van der Waals surface area contributed by atoms with Crippen LogP contribution >= 0.6 is 0 Å². The van der Waals surface area contributed by atoms with E-state index in [-0.39, 0.29) is 16.7 Å². The molecule has 1 aliphatic heterocycles. The lowest BCUT2D eigenvalue weighted by atomic mass is 10.1. The van der Waals surface area contributed by atoms with Crippen LogP contribution in [0.1, 0.15) is 23.3 Å². The van der Waals surface area contributed by atoms with Crippen LogP contribution in [0.15, 0.2) is 54.6 Å². The lowest BCUT2D eigenvalue weighted by molar-refractivity contribution is -0.384. The van der Waals surface area contributed by atoms with E-state index in [0.29, 0.717) is 6.54 Å². The Kier molecular flexibility index (Phi) is 3.68. The summed E-state index contributed by atoms with van der Waals surface area (Å²) in [5.41, 5.74) is 1.94. The molecule has 5 heteroatoms. The van der Waals surface area contributed by atoms with Gasteiger partial charge in [-0.15, -0.1) is 0 Å². The molecule has 5 nitrogen and oxygen atoms in total. The average molecular weight is 284 g/mol. The lowest BCUT2D eigenvalue weighted by Gasteiger charge is -2.12. The van der Waals surface area contributed by atoms with Gasteiger partial charge in [-0.05, 0) is 11.1 Å². The van der Waals surface area contributed by atoms with Crippen LogP contribution in [0.4, 0.5) is 5.69 Å². The molecule has 21 heavy (non-hydrogen) atoms. The summed E-state index contributed by atoms with van der Waals surface area (Å²) < 4.78 is 0. The van der Waals surface area contributed by atoms with Crippen molar-refractivity contribution in [2.75, 3.05) is 13.1 Å². The monoisotopic (exact) mass is 284 g/mol. The van der Waals surface area contributed by atoms with Crippen molar-refractivity contribution in [3.05, 3.63) is 75.8 Å². The van der Waals surface area contributed by atoms with Crippen molar-refractivity contribution in [1.29, 1.82) is 0 Å². The Balaban J connectivity index is 1.64. The molecule has 0 aromatic heterocycles. The van der Waals surface area contributed by atoms with Crippen molar-refractivity contribution in [1.82, 2.24) is 4.90 Å². The second-order valence-electron chi connectivity index (χ2n) is 5.25. The normalized spacial score (nSPS) is 21.8. The van der Waals surface area contributed by atoms with Gasteiger partial charge < -0.3 is 5.11 Å². The molecule has 3 atom stereocenters. The zero-order valence-electron chi connectivity index (χ0n) is 11.4. The molecular formula is C16H16N2O3. The van der Waals surface area contributed by atoms with Crippen LogP contribution in [-0.2, 0) is 0 Å². The number of nitro benzene ring substituents is 1. The number of aliphatic hydroxyl groups excluding tert-OH is 1. The lowest BCUT2D eigenvalue weighted by Crippen LogP contribution is -2.11. The van der Waals surface area contributed by atoms with Gasteiger partial charge in [0.2, 0.25) is 0 Å². The second kappa shape index (κ2) is 5.63. The maximum atomic E-state index is 10.8. The standard InChI is InChI=1S/C16H16N2O3/c19-16(12-5-2-1-3-6-12)11-17-10-15(17)13-7-4-8-14(9-13)18(20)21/h1-9,15-16,19H,10-11H2. The van der Waals surface area contributed by atoms with Gasteiger partial charge in [-0.2, -0.15) is 0 Å². The number of hydrogen-bond donors (Lipinski definition) is 1. The largest absolute Gasteiger partial charge is 0.387 e. The van der Waals surface area contributed by atoms with Crippen LogP contribution in [0.2, 0.25) is 0 Å². The molecule has 1 saturated heterocycles. The van der Waals surface area contributed by atoms with Crippen molar-refractivity contribution < 1.29 is 10.0 Å². The van der Waals surface area contributed by atoms with E-state index in [2.05, 4.69) is 4.90 Å². The Morgan fingerprint density at radius 2 is 2.00 bits per heavy atom. The van der Waals surface area contributed by atoms with Gasteiger partial charge in [0.15, 0.2) is 0 Å². The third-order valence-corrected chi connectivity index (χ3v) is 3.77. The topological polar surface area (TPSA) is 66.4 Å². The maximum absolute atomic E-state index is 10.8. The van der Waals surface area contributed by atoms with Crippen molar-refractivity contribution in [3.8, 4) is 0 Å². The predicted octanol–water partition coefficient (Wildman–Crippen LogP) is 2.69. The zero-order valence-corrected chi connectivity index (χ0v) is 11.4. The highest BCUT2D eigenvalue weighted by Gasteiger charge is 2.37.